The van der Waals surface area contributed by atoms with Crippen LogP contribution in [0.1, 0.15) is 27.5 Å². The molecule has 0 spiro atoms. The van der Waals surface area contributed by atoms with E-state index in [0.29, 0.717) is 48.3 Å². The SMILES string of the molecule is O=C(NCc1ccccc1)[C@@H](c1ccccc1)N1CCN(C(=O)c2c(Cl)cccc2Cl)CC1. The minimum absolute atomic E-state index is 0.0565. The third-order valence-electron chi connectivity index (χ3n) is 5.82. The number of halogens is 2. The van der Waals surface area contributed by atoms with Gasteiger partial charge in [0.25, 0.3) is 5.91 Å². The second-order valence-corrected chi connectivity index (χ2v) is 8.76. The molecule has 0 aromatic heterocycles. The summed E-state index contributed by atoms with van der Waals surface area (Å²) in [4.78, 5) is 30.2. The number of benzene rings is 3. The van der Waals surface area contributed by atoms with Crippen molar-refractivity contribution < 1.29 is 9.59 Å². The quantitative estimate of drug-likeness (QED) is 0.549. The number of hydrogen-bond donors (Lipinski definition) is 1. The lowest BCUT2D eigenvalue weighted by Gasteiger charge is -2.39. The van der Waals surface area contributed by atoms with Crippen LogP contribution >= 0.6 is 23.2 Å². The highest BCUT2D eigenvalue weighted by molar-refractivity contribution is 6.39. The lowest BCUT2D eigenvalue weighted by molar-refractivity contribution is -0.127. The zero-order valence-corrected chi connectivity index (χ0v) is 19.6. The highest BCUT2D eigenvalue weighted by Gasteiger charge is 2.32. The fourth-order valence-electron chi connectivity index (χ4n) is 4.09. The summed E-state index contributed by atoms with van der Waals surface area (Å²) in [5, 5.41) is 3.76. The van der Waals surface area contributed by atoms with E-state index in [1.54, 1.807) is 23.1 Å². The minimum atomic E-state index is -0.434. The zero-order chi connectivity index (χ0) is 23.2. The predicted molar refractivity (Wildman–Crippen MR) is 131 cm³/mol. The Labute approximate surface area is 203 Å². The van der Waals surface area contributed by atoms with Crippen LogP contribution in [0, 0.1) is 0 Å². The van der Waals surface area contributed by atoms with E-state index in [4.69, 9.17) is 23.2 Å². The molecule has 1 N–H and O–H groups in total. The van der Waals surface area contributed by atoms with Crippen LogP contribution in [0.25, 0.3) is 0 Å². The van der Waals surface area contributed by atoms with Crippen LogP contribution in [0.4, 0.5) is 0 Å². The van der Waals surface area contributed by atoms with E-state index in [1.807, 2.05) is 60.7 Å². The van der Waals surface area contributed by atoms with Gasteiger partial charge in [0.05, 0.1) is 15.6 Å². The van der Waals surface area contributed by atoms with Gasteiger partial charge in [0.2, 0.25) is 5.91 Å². The summed E-state index contributed by atoms with van der Waals surface area (Å²) < 4.78 is 0. The molecule has 170 valence electrons. The molecule has 5 nitrogen and oxygen atoms in total. The second kappa shape index (κ2) is 10.8. The molecule has 0 radical (unpaired) electrons. The molecule has 1 heterocycles. The first-order valence-electron chi connectivity index (χ1n) is 10.9. The molecule has 2 amide bonds. The lowest BCUT2D eigenvalue weighted by Crippen LogP contribution is -2.52. The first-order chi connectivity index (χ1) is 16.0. The Bertz CT molecular complexity index is 1080. The van der Waals surface area contributed by atoms with Crippen molar-refractivity contribution in [2.45, 2.75) is 12.6 Å². The topological polar surface area (TPSA) is 52.7 Å². The molecular weight excluding hydrogens is 457 g/mol. The van der Waals surface area contributed by atoms with Gasteiger partial charge in [-0.25, -0.2) is 0 Å². The number of nitrogens with one attached hydrogen (secondary N) is 1. The number of hydrogen-bond acceptors (Lipinski definition) is 3. The van der Waals surface area contributed by atoms with E-state index >= 15 is 0 Å². The highest BCUT2D eigenvalue weighted by atomic mass is 35.5. The summed E-state index contributed by atoms with van der Waals surface area (Å²) in [7, 11) is 0. The number of piperazine rings is 1. The van der Waals surface area contributed by atoms with E-state index in [-0.39, 0.29) is 11.8 Å². The van der Waals surface area contributed by atoms with Crippen LogP contribution in [0.2, 0.25) is 10.0 Å². The van der Waals surface area contributed by atoms with Crippen molar-refractivity contribution in [3.05, 3.63) is 106 Å². The van der Waals surface area contributed by atoms with E-state index in [9.17, 15) is 9.59 Å². The largest absolute Gasteiger partial charge is 0.350 e. The van der Waals surface area contributed by atoms with Gasteiger partial charge in [0.15, 0.2) is 0 Å². The van der Waals surface area contributed by atoms with Crippen molar-refractivity contribution in [2.75, 3.05) is 26.2 Å². The van der Waals surface area contributed by atoms with Crippen molar-refractivity contribution in [2.24, 2.45) is 0 Å². The zero-order valence-electron chi connectivity index (χ0n) is 18.1. The molecule has 0 bridgehead atoms. The molecule has 3 aromatic carbocycles. The van der Waals surface area contributed by atoms with Gasteiger partial charge < -0.3 is 10.2 Å². The van der Waals surface area contributed by atoms with Gasteiger partial charge in [-0.05, 0) is 23.3 Å². The summed E-state index contributed by atoms with van der Waals surface area (Å²) in [6, 6.07) is 24.2. The average molecular weight is 482 g/mol. The van der Waals surface area contributed by atoms with Crippen LogP contribution < -0.4 is 5.32 Å². The maximum Gasteiger partial charge on any atom is 0.256 e. The van der Waals surface area contributed by atoms with Gasteiger partial charge in [-0.1, -0.05) is 89.9 Å². The van der Waals surface area contributed by atoms with Crippen LogP contribution in [-0.4, -0.2) is 47.8 Å². The normalized spacial score (nSPS) is 15.2. The van der Waals surface area contributed by atoms with Crippen LogP contribution in [-0.2, 0) is 11.3 Å². The monoisotopic (exact) mass is 481 g/mol. The summed E-state index contributed by atoms with van der Waals surface area (Å²) >= 11 is 12.5. The number of nitrogens with zero attached hydrogens (tertiary/aromatic N) is 2. The first kappa shape index (κ1) is 23.3. The average Bonchev–Trinajstić information content (AvgIpc) is 2.84. The minimum Gasteiger partial charge on any atom is -0.350 e. The van der Waals surface area contributed by atoms with Gasteiger partial charge in [-0.15, -0.1) is 0 Å². The molecule has 33 heavy (non-hydrogen) atoms. The fourth-order valence-corrected chi connectivity index (χ4v) is 4.65. The lowest BCUT2D eigenvalue weighted by atomic mass is 10.0. The van der Waals surface area contributed by atoms with Crippen molar-refractivity contribution >= 4 is 35.0 Å². The molecule has 1 fully saturated rings. The third-order valence-corrected chi connectivity index (χ3v) is 6.45. The third kappa shape index (κ3) is 5.56. The molecule has 1 aliphatic heterocycles. The molecule has 1 atom stereocenters. The Hall–Kier alpha value is -2.86. The van der Waals surface area contributed by atoms with Crippen molar-refractivity contribution in [1.82, 2.24) is 15.1 Å². The van der Waals surface area contributed by atoms with Gasteiger partial charge >= 0.3 is 0 Å². The van der Waals surface area contributed by atoms with E-state index < -0.39 is 6.04 Å². The first-order valence-corrected chi connectivity index (χ1v) is 11.6. The summed E-state index contributed by atoms with van der Waals surface area (Å²) in [6.45, 7) is 2.55. The number of carbonyl (C=O) groups is 2. The van der Waals surface area contributed by atoms with Gasteiger partial charge in [0, 0.05) is 32.7 Å². The maximum absolute atomic E-state index is 13.3. The smallest absolute Gasteiger partial charge is 0.256 e. The van der Waals surface area contributed by atoms with Crippen molar-refractivity contribution in [1.29, 1.82) is 0 Å². The highest BCUT2D eigenvalue weighted by Crippen LogP contribution is 2.28. The second-order valence-electron chi connectivity index (χ2n) is 7.94. The molecule has 0 saturated carbocycles. The Morgan fingerprint density at radius 2 is 1.36 bits per heavy atom. The molecule has 1 aliphatic rings. The van der Waals surface area contributed by atoms with E-state index in [1.165, 1.54) is 0 Å². The van der Waals surface area contributed by atoms with Gasteiger partial charge in [-0.2, -0.15) is 0 Å². The Balaban J connectivity index is 1.46. The van der Waals surface area contributed by atoms with Crippen LogP contribution in [0.5, 0.6) is 0 Å². The predicted octanol–water partition coefficient (Wildman–Crippen LogP) is 4.81. The summed E-state index contributed by atoms with van der Waals surface area (Å²) in [5.74, 6) is -0.242. The van der Waals surface area contributed by atoms with E-state index in [0.717, 1.165) is 11.1 Å². The number of carbonyl (C=O) groups excluding carboxylic acids is 2. The van der Waals surface area contributed by atoms with Crippen molar-refractivity contribution in [3.63, 3.8) is 0 Å². The molecule has 0 unspecified atom stereocenters. The molecule has 0 aliphatic carbocycles. The summed E-state index contributed by atoms with van der Waals surface area (Å²) in [6.07, 6.45) is 0. The van der Waals surface area contributed by atoms with Crippen LogP contribution in [0.15, 0.2) is 78.9 Å². The molecule has 4 rings (SSSR count). The van der Waals surface area contributed by atoms with Crippen LogP contribution in [0.3, 0.4) is 0 Å². The summed E-state index contributed by atoms with van der Waals surface area (Å²) in [5.41, 5.74) is 2.30. The Kier molecular flexibility index (Phi) is 7.65. The standard InChI is InChI=1S/C26H25Cl2N3O2/c27-21-12-7-13-22(28)23(21)26(33)31-16-14-30(15-17-31)24(20-10-5-2-6-11-20)25(32)29-18-19-8-3-1-4-9-19/h1-13,24H,14-18H2,(H,29,32)/t24-/m1/s1. The molecular formula is C26H25Cl2N3O2. The number of amides is 2. The van der Waals surface area contributed by atoms with Gasteiger partial charge in [0.1, 0.15) is 6.04 Å². The molecule has 7 heteroatoms. The Morgan fingerprint density at radius 3 is 1.97 bits per heavy atom. The van der Waals surface area contributed by atoms with Gasteiger partial charge in [-0.3, -0.25) is 14.5 Å². The Morgan fingerprint density at radius 1 is 0.788 bits per heavy atom. The maximum atomic E-state index is 13.3. The number of rotatable bonds is 6. The fraction of sp³-hybridized carbons (Fsp3) is 0.231. The van der Waals surface area contributed by atoms with Crippen molar-refractivity contribution in [3.8, 4) is 0 Å². The molecule has 3 aromatic rings. The van der Waals surface area contributed by atoms with E-state index in [2.05, 4.69) is 10.2 Å². The molecule has 1 saturated heterocycles.